The van der Waals surface area contributed by atoms with Crippen molar-refractivity contribution in [2.45, 2.75) is 236 Å². The van der Waals surface area contributed by atoms with Gasteiger partial charge in [0.2, 0.25) is 0 Å². The molecule has 0 saturated carbocycles. The summed E-state index contributed by atoms with van der Waals surface area (Å²) < 4.78 is 0. The van der Waals surface area contributed by atoms with E-state index in [1.165, 1.54) is 52.7 Å². The van der Waals surface area contributed by atoms with Gasteiger partial charge in [-0.25, -0.2) is 0 Å². The Balaban J connectivity index is 2.50. The highest BCUT2D eigenvalue weighted by Crippen LogP contribution is 2.62. The molecule has 4 aromatic rings. The van der Waals surface area contributed by atoms with Gasteiger partial charge in [-0.3, -0.25) is 0 Å². The van der Waals surface area contributed by atoms with Crippen molar-refractivity contribution < 1.29 is 0 Å². The molecule has 344 valence electrons. The average Bonchev–Trinajstić information content (AvgIpc) is 3.38. The van der Waals surface area contributed by atoms with E-state index in [1.54, 1.807) is 37.4 Å². The third-order valence-electron chi connectivity index (χ3n) is 13.0. The fourth-order valence-corrected chi connectivity index (χ4v) is 18.4. The molecule has 62 heavy (non-hydrogen) atoms. The molecule has 0 saturated heterocycles. The van der Waals surface area contributed by atoms with Crippen LogP contribution in [-0.4, -0.2) is 6.66 Å². The van der Waals surface area contributed by atoms with E-state index in [-0.39, 0.29) is 48.7 Å². The van der Waals surface area contributed by atoms with Gasteiger partial charge < -0.3 is 0 Å². The van der Waals surface area contributed by atoms with Gasteiger partial charge in [0.25, 0.3) is 0 Å². The average molecular weight is 895 g/mol. The van der Waals surface area contributed by atoms with Crippen molar-refractivity contribution in [3.63, 3.8) is 0 Å². The minimum absolute atomic E-state index is 0.0175. The molecule has 0 aliphatic heterocycles. The van der Waals surface area contributed by atoms with Crippen molar-refractivity contribution in [2.75, 3.05) is 6.66 Å². The first-order valence-electron chi connectivity index (χ1n) is 23.7. The molecule has 2 unspecified atom stereocenters. The first-order chi connectivity index (χ1) is 27.3. The molecule has 0 nitrogen and oxygen atoms in total. The largest absolute Gasteiger partial charge is 0.106 e. The molecule has 4 rings (SSSR count). The predicted molar refractivity (Wildman–Crippen MR) is 290 cm³/mol. The molecule has 3 heteroatoms. The van der Waals surface area contributed by atoms with E-state index in [0.29, 0.717) is 0 Å². The Morgan fingerprint density at radius 2 is 0.597 bits per heavy atom. The quantitative estimate of drug-likeness (QED) is 0.179. The summed E-state index contributed by atoms with van der Waals surface area (Å²) in [6.07, 6.45) is 0. The first kappa shape index (κ1) is 52.9. The number of benzene rings is 3. The van der Waals surface area contributed by atoms with Crippen molar-refractivity contribution in [2.24, 2.45) is 6.66 Å². The molecule has 0 spiro atoms. The molecule has 0 N–H and O–H groups in total. The van der Waals surface area contributed by atoms with Crippen molar-refractivity contribution in [1.29, 1.82) is 0 Å². The zero-order chi connectivity index (χ0) is 48.3. The van der Waals surface area contributed by atoms with E-state index in [1.807, 2.05) is 0 Å². The Kier molecular flexibility index (Phi) is 14.1. The van der Waals surface area contributed by atoms with E-state index < -0.39 is 15.5 Å². The van der Waals surface area contributed by atoms with Gasteiger partial charge in [-0.05, 0) is 136 Å². The van der Waals surface area contributed by atoms with Crippen LogP contribution in [-0.2, 0) is 55.4 Å². The monoisotopic (exact) mass is 895 g/mol. The van der Waals surface area contributed by atoms with Crippen LogP contribution in [0, 0.1) is 0 Å². The maximum absolute atomic E-state index is 2.67. The van der Waals surface area contributed by atoms with Gasteiger partial charge >= 0.3 is 0 Å². The van der Waals surface area contributed by atoms with Gasteiger partial charge in [0.15, 0.2) is 0 Å². The van der Waals surface area contributed by atoms with Gasteiger partial charge in [-0.15, -0.1) is 7.53 Å². The van der Waals surface area contributed by atoms with E-state index >= 15 is 0 Å². The normalized spacial score (nSPS) is 15.2. The molecule has 1 heterocycles. The molecular weight excluding hydrogens is 802 g/mol. The van der Waals surface area contributed by atoms with Crippen LogP contribution in [0.1, 0.15) is 237 Å². The maximum Gasteiger partial charge on any atom is 0.0299 e. The van der Waals surface area contributed by atoms with Crippen molar-refractivity contribution in [1.82, 2.24) is 0 Å². The minimum Gasteiger partial charge on any atom is -0.106 e. The third-order valence-corrected chi connectivity index (χ3v) is 21.2. The van der Waals surface area contributed by atoms with Gasteiger partial charge in [-0.2, -0.15) is 0 Å². The van der Waals surface area contributed by atoms with E-state index in [0.717, 1.165) is 0 Å². The zero-order valence-electron chi connectivity index (χ0n) is 45.8. The topological polar surface area (TPSA) is 0 Å². The Hall–Kier alpha value is -1.70. The van der Waals surface area contributed by atoms with Gasteiger partial charge in [0.05, 0.1) is 0 Å². The Bertz CT molecular complexity index is 2190. The molecule has 0 aliphatic rings. The first-order valence-corrected chi connectivity index (χ1v) is 28.2. The van der Waals surface area contributed by atoms with Crippen molar-refractivity contribution >= 4 is 34.0 Å². The van der Waals surface area contributed by atoms with Crippen LogP contribution in [0.4, 0.5) is 0 Å². The molecule has 0 amide bonds. The lowest BCUT2D eigenvalue weighted by atomic mass is 9.72. The van der Waals surface area contributed by atoms with Gasteiger partial charge in [0.1, 0.15) is 0 Å². The zero-order valence-corrected chi connectivity index (χ0v) is 48.5. The highest BCUT2D eigenvalue weighted by atomic mass is 31.2. The van der Waals surface area contributed by atoms with Crippen molar-refractivity contribution in [3.05, 3.63) is 86.5 Å². The second-order valence-electron chi connectivity index (χ2n) is 28.3. The molecule has 0 fully saturated rings. The second kappa shape index (κ2) is 16.6. The van der Waals surface area contributed by atoms with Crippen LogP contribution in [0.5, 0.6) is 0 Å². The van der Waals surface area contributed by atoms with Crippen LogP contribution in [0.25, 0.3) is 21.4 Å². The minimum atomic E-state index is -0.761. The molecule has 3 aromatic carbocycles. The molecule has 0 bridgehead atoms. The van der Waals surface area contributed by atoms with Crippen LogP contribution in [0.3, 0.4) is 0 Å². The van der Waals surface area contributed by atoms with E-state index in [9.17, 15) is 0 Å². The lowest BCUT2D eigenvalue weighted by Crippen LogP contribution is -2.33. The molecule has 0 radical (unpaired) electrons. The molecule has 0 aliphatic carbocycles. The van der Waals surface area contributed by atoms with Crippen molar-refractivity contribution in [3.8, 4) is 21.4 Å². The Labute approximate surface area is 389 Å². The SMILES string of the molecule is CP(c1c(C(C)(C)C)cc(C(C)(C)C)cc1C(C)(C)C)c1c(-c2c(C(C)(C)C)cc(C(C)(C)C)cc2C(C)(C)C)pc(-c2c(C(C)(C)C)cc(C(C)(C)C)cc2C(C)(C)C)p1C. The van der Waals surface area contributed by atoms with Crippen LogP contribution in [0.15, 0.2) is 36.4 Å². The van der Waals surface area contributed by atoms with E-state index in [2.05, 4.69) is 237 Å². The van der Waals surface area contributed by atoms with Crippen LogP contribution >= 0.6 is 23.6 Å². The number of hydrogen-bond donors (Lipinski definition) is 0. The lowest BCUT2D eigenvalue weighted by Gasteiger charge is -2.37. The summed E-state index contributed by atoms with van der Waals surface area (Å²) in [5.74, 6) is 0. The summed E-state index contributed by atoms with van der Waals surface area (Å²) in [6, 6.07) is 15.7. The summed E-state index contributed by atoms with van der Waals surface area (Å²) in [6.45, 7) is 71.2. The summed E-state index contributed by atoms with van der Waals surface area (Å²) >= 11 is 0. The Morgan fingerprint density at radius 1 is 0.355 bits per heavy atom. The second-order valence-corrected chi connectivity index (χ2v) is 34.1. The molecule has 2 atom stereocenters. The number of hydrogen-bond acceptors (Lipinski definition) is 0. The maximum atomic E-state index is 2.67. The lowest BCUT2D eigenvalue weighted by molar-refractivity contribution is 0.550. The highest BCUT2D eigenvalue weighted by Gasteiger charge is 2.39. The highest BCUT2D eigenvalue weighted by molar-refractivity contribution is 7.87. The van der Waals surface area contributed by atoms with Crippen LogP contribution < -0.4 is 10.3 Å². The third kappa shape index (κ3) is 10.9. The molecular formula is C59H93P3. The summed E-state index contributed by atoms with van der Waals surface area (Å²) in [4.78, 5) is 0. The van der Waals surface area contributed by atoms with Gasteiger partial charge in [0, 0.05) is 15.4 Å². The van der Waals surface area contributed by atoms with Crippen LogP contribution in [0.2, 0.25) is 0 Å². The Morgan fingerprint density at radius 3 is 0.839 bits per heavy atom. The summed E-state index contributed by atoms with van der Waals surface area (Å²) in [7, 11) is -0.0656. The van der Waals surface area contributed by atoms with Gasteiger partial charge in [-0.1, -0.05) is 232 Å². The summed E-state index contributed by atoms with van der Waals surface area (Å²) in [5.41, 5.74) is 16.5. The van der Waals surface area contributed by atoms with E-state index in [4.69, 9.17) is 0 Å². The fraction of sp³-hybridized carbons (Fsp3) is 0.644. The molecule has 1 aromatic heterocycles. The smallest absolute Gasteiger partial charge is 0.0299 e. The summed E-state index contributed by atoms with van der Waals surface area (Å²) in [5, 5.41) is 6.64. The number of rotatable bonds is 4. The predicted octanol–water partition coefficient (Wildman–Crippen LogP) is 18.9. The standard InChI is InChI=1S/C59H93P3/c1-51(2,3)36-30-39(54(10,11)12)45(40(31-36)55(13,14)15)47-50(61(28)48-43(58(22,23)24)34-38(53(7,8)9)35-44(48)59(25,26)27)62(29)49(60-47)46-41(56(16,17)18)32-37(52(4,5)6)33-42(46)57(19,20)21/h30-35H,1-29H3. The fourth-order valence-electron chi connectivity index (χ4n) is 8.96.